The van der Waals surface area contributed by atoms with E-state index in [1.807, 2.05) is 0 Å². The zero-order valence-electron chi connectivity index (χ0n) is 6.22. The Balaban J connectivity index is 2.62. The number of hydrogen-bond donors (Lipinski definition) is 0. The SMILES string of the molecule is CCOC1=CC(C(F)(F)F)=N[N]1. The molecule has 0 fully saturated rings. The Hall–Kier alpha value is -1.20. The first-order valence-corrected chi connectivity index (χ1v) is 3.24. The third kappa shape index (κ3) is 1.90. The van der Waals surface area contributed by atoms with Crippen molar-refractivity contribution < 1.29 is 17.9 Å². The van der Waals surface area contributed by atoms with Crippen molar-refractivity contribution in [3.63, 3.8) is 0 Å². The van der Waals surface area contributed by atoms with Crippen molar-refractivity contribution in [3.05, 3.63) is 12.0 Å². The molecule has 1 heterocycles. The maximum absolute atomic E-state index is 11.9. The minimum atomic E-state index is -4.44. The van der Waals surface area contributed by atoms with Gasteiger partial charge in [-0.15, -0.1) is 10.5 Å². The number of nitrogens with zero attached hydrogens (tertiary/aromatic N) is 2. The standard InChI is InChI=1S/C6H6F3N2O/c1-2-12-5-3-4(10-11-5)6(7,8)9/h3H,2H2,1H3. The molecule has 0 bridgehead atoms. The van der Waals surface area contributed by atoms with Crippen LogP contribution >= 0.6 is 0 Å². The molecular weight excluding hydrogens is 173 g/mol. The van der Waals surface area contributed by atoms with Gasteiger partial charge in [0.2, 0.25) is 5.88 Å². The van der Waals surface area contributed by atoms with E-state index in [1.165, 1.54) is 0 Å². The molecule has 0 aromatic rings. The fraction of sp³-hybridized carbons (Fsp3) is 0.500. The quantitative estimate of drug-likeness (QED) is 0.631. The van der Waals surface area contributed by atoms with Gasteiger partial charge >= 0.3 is 6.18 Å². The van der Waals surface area contributed by atoms with Gasteiger partial charge < -0.3 is 4.74 Å². The van der Waals surface area contributed by atoms with Crippen molar-refractivity contribution in [2.45, 2.75) is 13.1 Å². The zero-order valence-corrected chi connectivity index (χ0v) is 6.22. The Morgan fingerprint density at radius 2 is 2.17 bits per heavy atom. The first-order valence-electron chi connectivity index (χ1n) is 3.24. The second kappa shape index (κ2) is 3.04. The summed E-state index contributed by atoms with van der Waals surface area (Å²) in [6.45, 7) is 1.93. The topological polar surface area (TPSA) is 35.7 Å². The van der Waals surface area contributed by atoms with Gasteiger partial charge in [-0.2, -0.15) is 13.2 Å². The van der Waals surface area contributed by atoms with Gasteiger partial charge in [0.1, 0.15) is 0 Å². The molecule has 1 rings (SSSR count). The van der Waals surface area contributed by atoms with Crippen LogP contribution in [-0.4, -0.2) is 18.5 Å². The number of rotatable bonds is 2. The highest BCUT2D eigenvalue weighted by Crippen LogP contribution is 2.21. The van der Waals surface area contributed by atoms with E-state index >= 15 is 0 Å². The van der Waals surface area contributed by atoms with Crippen LogP contribution < -0.4 is 5.43 Å². The number of halogens is 3. The number of ether oxygens (including phenoxy) is 1. The fourth-order valence-electron chi connectivity index (χ4n) is 0.635. The van der Waals surface area contributed by atoms with E-state index < -0.39 is 11.9 Å². The van der Waals surface area contributed by atoms with E-state index in [9.17, 15) is 13.2 Å². The fourth-order valence-corrected chi connectivity index (χ4v) is 0.635. The minimum absolute atomic E-state index is 0.0928. The van der Waals surface area contributed by atoms with Gasteiger partial charge in [0, 0.05) is 6.08 Å². The molecule has 67 valence electrons. The van der Waals surface area contributed by atoms with E-state index in [2.05, 4.69) is 10.5 Å². The maximum atomic E-state index is 11.9. The summed E-state index contributed by atoms with van der Waals surface area (Å²) in [5.74, 6) is -0.0928. The minimum Gasteiger partial charge on any atom is -0.477 e. The van der Waals surface area contributed by atoms with Crippen LogP contribution in [0.25, 0.3) is 0 Å². The first-order chi connectivity index (χ1) is 5.54. The average molecular weight is 179 g/mol. The largest absolute Gasteiger partial charge is 0.477 e. The molecular formula is C6H6F3N2O. The summed E-state index contributed by atoms with van der Waals surface area (Å²) < 4.78 is 40.4. The molecule has 0 aliphatic carbocycles. The molecule has 0 aromatic heterocycles. The lowest BCUT2D eigenvalue weighted by molar-refractivity contribution is -0.0577. The Bertz CT molecular complexity index is 231. The van der Waals surface area contributed by atoms with Crippen LogP contribution in [0.3, 0.4) is 0 Å². The molecule has 6 heteroatoms. The zero-order chi connectivity index (χ0) is 9.19. The number of alkyl halides is 3. The van der Waals surface area contributed by atoms with Gasteiger partial charge in [0.15, 0.2) is 5.71 Å². The van der Waals surface area contributed by atoms with E-state index in [0.717, 1.165) is 6.08 Å². The van der Waals surface area contributed by atoms with Gasteiger partial charge in [0.05, 0.1) is 6.61 Å². The van der Waals surface area contributed by atoms with Crippen molar-refractivity contribution in [1.29, 1.82) is 0 Å². The Morgan fingerprint density at radius 1 is 1.50 bits per heavy atom. The van der Waals surface area contributed by atoms with Crippen LogP contribution in [0, 0.1) is 0 Å². The van der Waals surface area contributed by atoms with Crippen molar-refractivity contribution >= 4 is 5.71 Å². The van der Waals surface area contributed by atoms with Crippen molar-refractivity contribution in [2.24, 2.45) is 5.10 Å². The molecule has 1 aliphatic heterocycles. The monoisotopic (exact) mass is 179 g/mol. The van der Waals surface area contributed by atoms with Crippen LogP contribution in [0.5, 0.6) is 0 Å². The lowest BCUT2D eigenvalue weighted by atomic mass is 10.3. The second-order valence-electron chi connectivity index (χ2n) is 2.00. The molecule has 0 spiro atoms. The highest BCUT2D eigenvalue weighted by molar-refractivity contribution is 6.00. The summed E-state index contributed by atoms with van der Waals surface area (Å²) in [6.07, 6.45) is -3.67. The smallest absolute Gasteiger partial charge is 0.435 e. The first kappa shape index (κ1) is 8.89. The van der Waals surface area contributed by atoms with Crippen LogP contribution in [-0.2, 0) is 4.74 Å². The molecule has 0 atom stereocenters. The van der Waals surface area contributed by atoms with Crippen molar-refractivity contribution in [1.82, 2.24) is 5.43 Å². The Labute approximate surface area is 66.9 Å². The average Bonchev–Trinajstić information content (AvgIpc) is 2.35. The van der Waals surface area contributed by atoms with Gasteiger partial charge in [-0.05, 0) is 6.92 Å². The van der Waals surface area contributed by atoms with Crippen LogP contribution in [0.1, 0.15) is 6.92 Å². The van der Waals surface area contributed by atoms with Gasteiger partial charge in [0.25, 0.3) is 0 Å². The molecule has 0 unspecified atom stereocenters. The predicted octanol–water partition coefficient (Wildman–Crippen LogP) is 1.40. The molecule has 0 saturated heterocycles. The highest BCUT2D eigenvalue weighted by Gasteiger charge is 2.37. The summed E-state index contributed by atoms with van der Waals surface area (Å²) in [4.78, 5) is 0. The summed E-state index contributed by atoms with van der Waals surface area (Å²) in [5.41, 5.74) is 2.16. The Morgan fingerprint density at radius 3 is 2.58 bits per heavy atom. The lowest BCUT2D eigenvalue weighted by Gasteiger charge is -1.99. The number of allylic oxidation sites excluding steroid dienone is 1. The van der Waals surface area contributed by atoms with Crippen LogP contribution in [0.2, 0.25) is 0 Å². The van der Waals surface area contributed by atoms with Crippen molar-refractivity contribution in [2.75, 3.05) is 6.61 Å². The molecule has 0 N–H and O–H groups in total. The molecule has 12 heavy (non-hydrogen) atoms. The third-order valence-corrected chi connectivity index (χ3v) is 1.10. The summed E-state index contributed by atoms with van der Waals surface area (Å²) in [6, 6.07) is 0. The van der Waals surface area contributed by atoms with Crippen LogP contribution in [0.4, 0.5) is 13.2 Å². The van der Waals surface area contributed by atoms with Crippen LogP contribution in [0.15, 0.2) is 17.1 Å². The number of hydrogen-bond acceptors (Lipinski definition) is 2. The summed E-state index contributed by atoms with van der Waals surface area (Å²) in [7, 11) is 0. The lowest BCUT2D eigenvalue weighted by Crippen LogP contribution is -2.19. The van der Waals surface area contributed by atoms with Gasteiger partial charge in [-0.25, -0.2) is 0 Å². The van der Waals surface area contributed by atoms with E-state index in [4.69, 9.17) is 4.74 Å². The molecule has 0 aromatic carbocycles. The van der Waals surface area contributed by atoms with Gasteiger partial charge in [-0.3, -0.25) is 0 Å². The summed E-state index contributed by atoms with van der Waals surface area (Å²) in [5, 5.41) is 2.91. The third-order valence-electron chi connectivity index (χ3n) is 1.10. The van der Waals surface area contributed by atoms with E-state index in [1.54, 1.807) is 6.92 Å². The normalized spacial score (nSPS) is 16.7. The molecule has 0 amide bonds. The van der Waals surface area contributed by atoms with Gasteiger partial charge in [-0.1, -0.05) is 0 Å². The summed E-state index contributed by atoms with van der Waals surface area (Å²) >= 11 is 0. The molecule has 3 nitrogen and oxygen atoms in total. The molecule has 0 saturated carbocycles. The van der Waals surface area contributed by atoms with E-state index in [0.29, 0.717) is 0 Å². The highest BCUT2D eigenvalue weighted by atomic mass is 19.4. The Kier molecular flexibility index (Phi) is 2.25. The second-order valence-corrected chi connectivity index (χ2v) is 2.00. The molecule has 1 aliphatic rings. The van der Waals surface area contributed by atoms with Crippen molar-refractivity contribution in [3.8, 4) is 0 Å². The molecule has 1 radical (unpaired) electrons. The van der Waals surface area contributed by atoms with E-state index in [-0.39, 0.29) is 12.5 Å². The maximum Gasteiger partial charge on any atom is 0.435 e. The predicted molar refractivity (Wildman–Crippen MR) is 35.3 cm³/mol.